The molecule has 0 aromatic carbocycles. The van der Waals surface area contributed by atoms with E-state index in [1.807, 2.05) is 0 Å². The van der Waals surface area contributed by atoms with Gasteiger partial charge in [-0.3, -0.25) is 0 Å². The Morgan fingerprint density at radius 1 is 0.929 bits per heavy atom. The van der Waals surface area contributed by atoms with Crippen LogP contribution in [0.4, 0.5) is 0 Å². The highest BCUT2D eigenvalue weighted by molar-refractivity contribution is 4.81. The minimum Gasteiger partial charge on any atom is -0.103 e. The Balaban J connectivity index is 4.22. The fourth-order valence-corrected chi connectivity index (χ4v) is 2.19. The molecule has 0 aliphatic carbocycles. The standard InChI is InChI=1S/C14H28/c1-8-12(6)13(7)9-14(10(2)3)11(4)5/h8,10-14H,1,9H2,2-7H3. The molecule has 0 amide bonds. The summed E-state index contributed by atoms with van der Waals surface area (Å²) in [5, 5.41) is 0. The summed E-state index contributed by atoms with van der Waals surface area (Å²) >= 11 is 0. The van der Waals surface area contributed by atoms with Crippen LogP contribution in [0.2, 0.25) is 0 Å². The summed E-state index contributed by atoms with van der Waals surface area (Å²) in [5.41, 5.74) is 0. The third-order valence-corrected chi connectivity index (χ3v) is 3.63. The average Bonchev–Trinajstić information content (AvgIpc) is 2.11. The number of hydrogen-bond acceptors (Lipinski definition) is 0. The summed E-state index contributed by atoms with van der Waals surface area (Å²) < 4.78 is 0. The second-order valence-corrected chi connectivity index (χ2v) is 5.46. The van der Waals surface area contributed by atoms with Crippen LogP contribution < -0.4 is 0 Å². The van der Waals surface area contributed by atoms with Crippen molar-refractivity contribution in [2.45, 2.75) is 48.0 Å². The Bertz CT molecular complexity index is 147. The first-order chi connectivity index (χ1) is 6.40. The molecule has 2 unspecified atom stereocenters. The molecule has 0 heteroatoms. The molecule has 0 nitrogen and oxygen atoms in total. The maximum Gasteiger partial charge on any atom is -0.0239 e. The summed E-state index contributed by atoms with van der Waals surface area (Å²) in [4.78, 5) is 0. The minimum absolute atomic E-state index is 0.648. The van der Waals surface area contributed by atoms with E-state index in [2.05, 4.69) is 54.2 Å². The molecule has 0 aliphatic rings. The second kappa shape index (κ2) is 6.27. The third-order valence-electron chi connectivity index (χ3n) is 3.63. The molecular formula is C14H28. The molecule has 0 N–H and O–H groups in total. The first-order valence-corrected chi connectivity index (χ1v) is 6.02. The van der Waals surface area contributed by atoms with Crippen LogP contribution in [0, 0.1) is 29.6 Å². The first kappa shape index (κ1) is 13.7. The van der Waals surface area contributed by atoms with Gasteiger partial charge in [0.25, 0.3) is 0 Å². The zero-order chi connectivity index (χ0) is 11.3. The van der Waals surface area contributed by atoms with Gasteiger partial charge in [-0.05, 0) is 36.0 Å². The zero-order valence-electron chi connectivity index (χ0n) is 10.9. The van der Waals surface area contributed by atoms with Gasteiger partial charge in [0.15, 0.2) is 0 Å². The Morgan fingerprint density at radius 3 is 1.64 bits per heavy atom. The van der Waals surface area contributed by atoms with Gasteiger partial charge in [0.1, 0.15) is 0 Å². The molecule has 14 heavy (non-hydrogen) atoms. The molecule has 2 atom stereocenters. The predicted octanol–water partition coefficient (Wildman–Crippen LogP) is 4.76. The van der Waals surface area contributed by atoms with E-state index in [4.69, 9.17) is 0 Å². The van der Waals surface area contributed by atoms with Gasteiger partial charge in [-0.1, -0.05) is 47.6 Å². The molecule has 84 valence electrons. The SMILES string of the molecule is C=CC(C)C(C)CC(C(C)C)C(C)C. The van der Waals surface area contributed by atoms with Crippen LogP contribution in [0.5, 0.6) is 0 Å². The van der Waals surface area contributed by atoms with E-state index in [0.717, 1.165) is 23.7 Å². The highest BCUT2D eigenvalue weighted by Crippen LogP contribution is 2.30. The number of allylic oxidation sites excluding steroid dienone is 1. The van der Waals surface area contributed by atoms with Gasteiger partial charge in [0, 0.05) is 0 Å². The van der Waals surface area contributed by atoms with Gasteiger partial charge in [-0.25, -0.2) is 0 Å². The van der Waals surface area contributed by atoms with Gasteiger partial charge >= 0.3 is 0 Å². The molecule has 0 rings (SSSR count). The minimum atomic E-state index is 0.648. The average molecular weight is 196 g/mol. The summed E-state index contributed by atoms with van der Waals surface area (Å²) in [6, 6.07) is 0. The lowest BCUT2D eigenvalue weighted by molar-refractivity contribution is 0.217. The lowest BCUT2D eigenvalue weighted by Crippen LogP contribution is -2.20. The molecular weight excluding hydrogens is 168 g/mol. The molecule has 0 radical (unpaired) electrons. The summed E-state index contributed by atoms with van der Waals surface area (Å²) in [5.74, 6) is 3.87. The smallest absolute Gasteiger partial charge is 0.0239 e. The third kappa shape index (κ3) is 4.30. The highest BCUT2D eigenvalue weighted by Gasteiger charge is 2.21. The zero-order valence-corrected chi connectivity index (χ0v) is 10.9. The summed E-state index contributed by atoms with van der Waals surface area (Å²) in [6.45, 7) is 17.9. The van der Waals surface area contributed by atoms with E-state index in [1.165, 1.54) is 6.42 Å². The molecule has 0 aromatic heterocycles. The van der Waals surface area contributed by atoms with E-state index in [0.29, 0.717) is 5.92 Å². The molecule has 0 aliphatic heterocycles. The van der Waals surface area contributed by atoms with Gasteiger partial charge in [0.2, 0.25) is 0 Å². The Kier molecular flexibility index (Phi) is 6.15. The van der Waals surface area contributed by atoms with Gasteiger partial charge in [-0.15, -0.1) is 6.58 Å². The van der Waals surface area contributed by atoms with Crippen LogP contribution in [-0.2, 0) is 0 Å². The van der Waals surface area contributed by atoms with Crippen LogP contribution in [0.15, 0.2) is 12.7 Å². The lowest BCUT2D eigenvalue weighted by Gasteiger charge is -2.29. The van der Waals surface area contributed by atoms with Crippen LogP contribution >= 0.6 is 0 Å². The molecule has 0 saturated carbocycles. The summed E-state index contributed by atoms with van der Waals surface area (Å²) in [7, 11) is 0. The Hall–Kier alpha value is -0.260. The van der Waals surface area contributed by atoms with Crippen molar-refractivity contribution >= 4 is 0 Å². The molecule has 0 bridgehead atoms. The van der Waals surface area contributed by atoms with Gasteiger partial charge < -0.3 is 0 Å². The lowest BCUT2D eigenvalue weighted by atomic mass is 9.76. The topological polar surface area (TPSA) is 0 Å². The Morgan fingerprint density at radius 2 is 1.36 bits per heavy atom. The van der Waals surface area contributed by atoms with Crippen LogP contribution in [0.3, 0.4) is 0 Å². The maximum absolute atomic E-state index is 3.88. The highest BCUT2D eigenvalue weighted by atomic mass is 14.3. The maximum atomic E-state index is 3.88. The number of rotatable bonds is 6. The Labute approximate surface area is 90.8 Å². The van der Waals surface area contributed by atoms with Crippen molar-refractivity contribution < 1.29 is 0 Å². The molecule has 0 heterocycles. The molecule has 0 aromatic rings. The van der Waals surface area contributed by atoms with Crippen molar-refractivity contribution in [3.8, 4) is 0 Å². The first-order valence-electron chi connectivity index (χ1n) is 6.02. The van der Waals surface area contributed by atoms with Crippen molar-refractivity contribution in [3.05, 3.63) is 12.7 Å². The van der Waals surface area contributed by atoms with Crippen molar-refractivity contribution in [2.75, 3.05) is 0 Å². The van der Waals surface area contributed by atoms with E-state index in [9.17, 15) is 0 Å². The van der Waals surface area contributed by atoms with E-state index < -0.39 is 0 Å². The second-order valence-electron chi connectivity index (χ2n) is 5.46. The van der Waals surface area contributed by atoms with E-state index >= 15 is 0 Å². The van der Waals surface area contributed by atoms with Crippen LogP contribution in [-0.4, -0.2) is 0 Å². The molecule has 0 spiro atoms. The molecule has 0 saturated heterocycles. The monoisotopic (exact) mass is 196 g/mol. The van der Waals surface area contributed by atoms with E-state index in [1.54, 1.807) is 0 Å². The quantitative estimate of drug-likeness (QED) is 0.537. The van der Waals surface area contributed by atoms with E-state index in [-0.39, 0.29) is 0 Å². The fourth-order valence-electron chi connectivity index (χ4n) is 2.19. The van der Waals surface area contributed by atoms with Crippen LogP contribution in [0.25, 0.3) is 0 Å². The van der Waals surface area contributed by atoms with Gasteiger partial charge in [-0.2, -0.15) is 0 Å². The van der Waals surface area contributed by atoms with Crippen molar-refractivity contribution in [2.24, 2.45) is 29.6 Å². The van der Waals surface area contributed by atoms with Crippen molar-refractivity contribution in [1.82, 2.24) is 0 Å². The number of hydrogen-bond donors (Lipinski definition) is 0. The fraction of sp³-hybridized carbons (Fsp3) is 0.857. The normalized spacial score (nSPS) is 16.4. The predicted molar refractivity (Wildman–Crippen MR) is 66.3 cm³/mol. The van der Waals surface area contributed by atoms with Crippen molar-refractivity contribution in [1.29, 1.82) is 0 Å². The van der Waals surface area contributed by atoms with Crippen molar-refractivity contribution in [3.63, 3.8) is 0 Å². The summed E-state index contributed by atoms with van der Waals surface area (Å²) in [6.07, 6.45) is 3.42. The molecule has 0 fully saturated rings. The van der Waals surface area contributed by atoms with Gasteiger partial charge in [0.05, 0.1) is 0 Å². The largest absolute Gasteiger partial charge is 0.103 e. The van der Waals surface area contributed by atoms with Crippen LogP contribution in [0.1, 0.15) is 48.0 Å².